The second kappa shape index (κ2) is 19.6. The highest BCUT2D eigenvalue weighted by Crippen LogP contribution is 2.59. The monoisotopic (exact) mass is 1940 g/mol. The molecule has 0 N–H and O–H groups in total. The van der Waals surface area contributed by atoms with Gasteiger partial charge in [0.15, 0.2) is 22.3 Å². The number of benzene rings is 4. The van der Waals surface area contributed by atoms with Crippen LogP contribution >= 0.6 is 258 Å². The molecule has 12 aromatic heterocycles. The van der Waals surface area contributed by atoms with E-state index in [4.69, 9.17) is 17.7 Å². The Balaban J connectivity index is 0.000000133. The molecule has 0 saturated heterocycles. The molecule has 0 radical (unpaired) electrons. The van der Waals surface area contributed by atoms with E-state index in [-0.39, 0.29) is 0 Å². The van der Waals surface area contributed by atoms with Crippen molar-refractivity contribution in [3.05, 3.63) is 125 Å². The van der Waals surface area contributed by atoms with Crippen LogP contribution in [0.1, 0.15) is 22.3 Å². The molecule has 0 spiro atoms. The third kappa shape index (κ3) is 8.03. The molecule has 0 bridgehead atoms. The number of hydrogen-bond donors (Lipinski definition) is 0. The molecule has 16 rings (SSSR count). The van der Waals surface area contributed by atoms with Crippen LogP contribution < -0.4 is 0 Å². The second-order valence-electron chi connectivity index (χ2n) is 18.3. The van der Waals surface area contributed by atoms with Crippen molar-refractivity contribution < 1.29 is 17.7 Å². The molecule has 0 fully saturated rings. The minimum Gasteiger partial charge on any atom is -0.454 e. The molecule has 0 saturated carbocycles. The predicted molar refractivity (Wildman–Crippen MR) is 392 cm³/mol. The topological polar surface area (TPSA) is 52.6 Å². The van der Waals surface area contributed by atoms with E-state index in [0.717, 1.165) is 53.6 Å². The van der Waals surface area contributed by atoms with Crippen LogP contribution in [0.5, 0.6) is 0 Å². The third-order valence-electron chi connectivity index (χ3n) is 13.3. The number of rotatable bonds is 4. The first kappa shape index (κ1) is 52.4. The predicted octanol–water partition coefficient (Wildman–Crippen LogP) is 26.8. The van der Waals surface area contributed by atoms with Gasteiger partial charge in [-0.2, -0.15) is 0 Å². The van der Waals surface area contributed by atoms with Gasteiger partial charge in [-0.25, -0.2) is 0 Å². The molecule has 16 aromatic rings. The fourth-order valence-corrected chi connectivity index (χ4v) is 30.5. The van der Waals surface area contributed by atoms with E-state index >= 15 is 0 Å². The molecule has 4 aromatic carbocycles. The zero-order valence-electron chi connectivity index (χ0n) is 38.9. The highest BCUT2D eigenvalue weighted by atomic mass is 127. The van der Waals surface area contributed by atoms with Crippen molar-refractivity contribution >= 4 is 362 Å². The van der Waals surface area contributed by atoms with Crippen LogP contribution in [0.2, 0.25) is 0 Å². The van der Waals surface area contributed by atoms with Crippen molar-refractivity contribution in [3.63, 3.8) is 0 Å². The van der Waals surface area contributed by atoms with Gasteiger partial charge >= 0.3 is 0 Å². The summed E-state index contributed by atoms with van der Waals surface area (Å²) in [7, 11) is 0. The fraction of sp³-hybridized carbons (Fsp3) is 0.0714. The van der Waals surface area contributed by atoms with Gasteiger partial charge in [-0.1, -0.05) is 24.3 Å². The molecule has 0 amide bonds. The van der Waals surface area contributed by atoms with Gasteiger partial charge in [-0.3, -0.25) is 0 Å². The lowest BCUT2D eigenvalue weighted by molar-refractivity contribution is 0.667. The number of furan rings is 4. The van der Waals surface area contributed by atoms with Crippen LogP contribution in [0.4, 0.5) is 0 Å². The van der Waals surface area contributed by atoms with Crippen LogP contribution in [0.3, 0.4) is 0 Å². The Hall–Kier alpha value is -0.460. The molecule has 4 nitrogen and oxygen atoms in total. The Kier molecular flexibility index (Phi) is 13.5. The zero-order valence-corrected chi connectivity index (χ0v) is 61.5. The standard InChI is InChI=1S/C28H12Br2I2O2S4.C28H12I4O2S4/c1-9-3-5-11-13(7-9)33-19-17(31)27(35-21(11)19)25-15(29)23-24(37-25)16(30)26(38-23)28-18(32)20-22(36-28)12-6-4-10(2)8-14(12)34-20;1-9-3-5-11-13(7-9)33-19-15(29)23(35-21(11)19)25-17(31)27-28(37-25)18(32)26(38-27)24-16(30)20-22(36-24)12-6-4-10(2)8-14(12)34-20/h2*3-8H,1-2H3. The van der Waals surface area contributed by atoms with Crippen LogP contribution in [-0.2, 0) is 0 Å². The quantitative estimate of drug-likeness (QED) is 0.165. The summed E-state index contributed by atoms with van der Waals surface area (Å²) in [4.78, 5) is 10.4. The van der Waals surface area contributed by atoms with Gasteiger partial charge in [0.1, 0.15) is 22.3 Å². The molecule has 0 aliphatic rings. The lowest BCUT2D eigenvalue weighted by Gasteiger charge is -1.99. The molecular formula is C56H24Br2I6O4S8. The lowest BCUT2D eigenvalue weighted by Crippen LogP contribution is -1.75. The van der Waals surface area contributed by atoms with E-state index in [9.17, 15) is 0 Å². The SMILES string of the molecule is Cc1ccc2c(c1)oc1c(I)c(-c3sc4c(Br)c(-c5sc6c(oc7cc(C)ccc76)c5I)sc4c3Br)sc12.Cc1ccc2c(c1)oc1c(I)c(-c3sc4c(I)c(-c5sc6c(oc7cc(C)ccc76)c5I)sc4c3I)sc12. The van der Waals surface area contributed by atoms with E-state index in [1.54, 1.807) is 0 Å². The third-order valence-corrected chi connectivity index (χ3v) is 35.7. The average Bonchev–Trinajstić information content (AvgIpc) is 4.34. The Morgan fingerprint density at radius 2 is 0.513 bits per heavy atom. The van der Waals surface area contributed by atoms with E-state index in [2.05, 4.69) is 268 Å². The van der Waals surface area contributed by atoms with E-state index in [1.165, 1.54) is 142 Å². The first-order valence-electron chi connectivity index (χ1n) is 22.9. The summed E-state index contributed by atoms with van der Waals surface area (Å²) in [5, 5.41) is 4.81. The van der Waals surface area contributed by atoms with Gasteiger partial charge in [-0.15, -0.1) is 90.7 Å². The Labute approximate surface area is 562 Å². The van der Waals surface area contributed by atoms with Gasteiger partial charge in [-0.05, 0) is 266 Å². The first-order chi connectivity index (χ1) is 36.6. The van der Waals surface area contributed by atoms with Crippen molar-refractivity contribution in [2.45, 2.75) is 27.7 Å². The van der Waals surface area contributed by atoms with Gasteiger partial charge in [0.25, 0.3) is 0 Å². The average molecular weight is 1940 g/mol. The molecular weight excluding hydrogens is 1910 g/mol. The van der Waals surface area contributed by atoms with Gasteiger partial charge in [0.2, 0.25) is 0 Å². The van der Waals surface area contributed by atoms with E-state index in [0.29, 0.717) is 0 Å². The molecule has 0 unspecified atom stereocenters. The van der Waals surface area contributed by atoms with Crippen LogP contribution in [-0.4, -0.2) is 0 Å². The maximum atomic E-state index is 6.33. The highest BCUT2D eigenvalue weighted by Gasteiger charge is 2.30. The smallest absolute Gasteiger partial charge is 0.160 e. The summed E-state index contributed by atoms with van der Waals surface area (Å²) < 4.78 is 45.3. The molecule has 20 heteroatoms. The maximum Gasteiger partial charge on any atom is 0.160 e. The number of hydrogen-bond acceptors (Lipinski definition) is 12. The van der Waals surface area contributed by atoms with Gasteiger partial charge in [0, 0.05) is 21.5 Å². The minimum absolute atomic E-state index is 0.966. The summed E-state index contributed by atoms with van der Waals surface area (Å²) in [5.41, 5.74) is 12.8. The largest absolute Gasteiger partial charge is 0.454 e. The summed E-state index contributed by atoms with van der Waals surface area (Å²) in [5.74, 6) is 0. The summed E-state index contributed by atoms with van der Waals surface area (Å²) in [6, 6.07) is 25.9. The van der Waals surface area contributed by atoms with Crippen LogP contribution in [0.25, 0.3) is 143 Å². The second-order valence-corrected chi connectivity index (χ2v) is 34.5. The van der Waals surface area contributed by atoms with Crippen molar-refractivity contribution in [2.24, 2.45) is 0 Å². The van der Waals surface area contributed by atoms with Crippen molar-refractivity contribution in [1.82, 2.24) is 0 Å². The lowest BCUT2D eigenvalue weighted by atomic mass is 10.2. The van der Waals surface area contributed by atoms with Crippen LogP contribution in [0.15, 0.2) is 99.4 Å². The summed E-state index contributed by atoms with van der Waals surface area (Å²) >= 11 is 37.8. The summed E-state index contributed by atoms with van der Waals surface area (Å²) in [6.07, 6.45) is 0. The molecule has 0 atom stereocenters. The Morgan fingerprint density at radius 3 is 0.789 bits per heavy atom. The van der Waals surface area contributed by atoms with Crippen molar-refractivity contribution in [1.29, 1.82) is 0 Å². The zero-order chi connectivity index (χ0) is 52.1. The minimum atomic E-state index is 0.966. The van der Waals surface area contributed by atoms with Crippen molar-refractivity contribution in [2.75, 3.05) is 0 Å². The van der Waals surface area contributed by atoms with E-state index < -0.39 is 0 Å². The van der Waals surface area contributed by atoms with E-state index in [1.807, 2.05) is 90.7 Å². The molecule has 76 heavy (non-hydrogen) atoms. The number of thiophene rings is 8. The van der Waals surface area contributed by atoms with Gasteiger partial charge in [0.05, 0.1) is 107 Å². The van der Waals surface area contributed by atoms with Gasteiger partial charge < -0.3 is 17.7 Å². The molecule has 0 aliphatic carbocycles. The first-order valence-corrected chi connectivity index (χ1v) is 37.5. The normalized spacial score (nSPS) is 12.5. The summed E-state index contributed by atoms with van der Waals surface area (Å²) in [6.45, 7) is 8.43. The molecule has 376 valence electrons. The highest BCUT2D eigenvalue weighted by molar-refractivity contribution is 14.1. The maximum absolute atomic E-state index is 6.33. The number of aryl methyl sites for hydroxylation is 4. The fourth-order valence-electron chi connectivity index (χ4n) is 9.64. The van der Waals surface area contributed by atoms with Crippen LogP contribution in [0, 0.1) is 49.1 Å². The Morgan fingerprint density at radius 1 is 0.289 bits per heavy atom. The number of halogens is 8. The molecule has 12 heterocycles. The Bertz CT molecular complexity index is 4550. The number of fused-ring (bicyclic) bond motifs is 14. The van der Waals surface area contributed by atoms with Crippen molar-refractivity contribution in [3.8, 4) is 39.0 Å². The molecule has 0 aliphatic heterocycles.